The van der Waals surface area contributed by atoms with Gasteiger partial charge in [-0.3, -0.25) is 4.99 Å². The Morgan fingerprint density at radius 1 is 1.50 bits per heavy atom. The summed E-state index contributed by atoms with van der Waals surface area (Å²) >= 11 is 5.72. The molecule has 2 nitrogen and oxygen atoms in total. The van der Waals surface area contributed by atoms with Gasteiger partial charge in [0.1, 0.15) is 0 Å². The molecular formula is C11H14ClNO. The van der Waals surface area contributed by atoms with E-state index in [0.29, 0.717) is 11.6 Å². The number of aliphatic hydroxyl groups is 1. The molecule has 76 valence electrons. The lowest BCUT2D eigenvalue weighted by Crippen LogP contribution is -2.15. The van der Waals surface area contributed by atoms with Crippen molar-refractivity contribution < 1.29 is 5.11 Å². The fourth-order valence-corrected chi connectivity index (χ4v) is 1.46. The number of halogens is 1. The van der Waals surface area contributed by atoms with Crippen LogP contribution in [-0.4, -0.2) is 11.8 Å². The molecule has 0 unspecified atom stereocenters. The Kier molecular flexibility index (Phi) is 3.29. The largest absolute Gasteiger partial charge is 0.386 e. The third-order valence-electron chi connectivity index (χ3n) is 2.04. The first-order valence-corrected chi connectivity index (χ1v) is 4.91. The Hall–Kier alpha value is -0.860. The second-order valence-electron chi connectivity index (χ2n) is 3.70. The van der Waals surface area contributed by atoms with Crippen LogP contribution in [0.25, 0.3) is 0 Å². The number of nitrogens with zero attached hydrogens (tertiary/aromatic N) is 1. The monoisotopic (exact) mass is 211 g/mol. The number of benzene rings is 1. The Labute approximate surface area is 89.2 Å². The number of hydrogen-bond donors (Lipinski definition) is 1. The van der Waals surface area contributed by atoms with E-state index in [0.717, 1.165) is 11.1 Å². The summed E-state index contributed by atoms with van der Waals surface area (Å²) in [6, 6.07) is 5.56. The van der Waals surface area contributed by atoms with Gasteiger partial charge < -0.3 is 5.11 Å². The summed E-state index contributed by atoms with van der Waals surface area (Å²) in [5, 5.41) is 9.89. The number of rotatable bonds is 3. The predicted octanol–water partition coefficient (Wildman–Crippen LogP) is 2.98. The van der Waals surface area contributed by atoms with E-state index >= 15 is 0 Å². The van der Waals surface area contributed by atoms with Crippen molar-refractivity contribution in [3.63, 3.8) is 0 Å². The van der Waals surface area contributed by atoms with Gasteiger partial charge in [0.25, 0.3) is 0 Å². The Morgan fingerprint density at radius 3 is 2.57 bits per heavy atom. The molecule has 0 spiro atoms. The standard InChI is InChI=1S/C11H14ClNO/c1-11(2,14)9-6-8(7-12)4-5-10(9)13-3/h4-6,14H,3,7H2,1-2H3. The van der Waals surface area contributed by atoms with E-state index in [4.69, 9.17) is 11.6 Å². The lowest BCUT2D eigenvalue weighted by Gasteiger charge is -2.20. The van der Waals surface area contributed by atoms with Crippen LogP contribution >= 0.6 is 11.6 Å². The van der Waals surface area contributed by atoms with Gasteiger partial charge in [0.2, 0.25) is 0 Å². The van der Waals surface area contributed by atoms with Crippen LogP contribution in [0.15, 0.2) is 23.2 Å². The molecule has 0 heterocycles. The topological polar surface area (TPSA) is 32.6 Å². The molecule has 1 aromatic rings. The summed E-state index contributed by atoms with van der Waals surface area (Å²) < 4.78 is 0. The van der Waals surface area contributed by atoms with Gasteiger partial charge in [0.05, 0.1) is 11.3 Å². The molecule has 0 saturated carbocycles. The summed E-state index contributed by atoms with van der Waals surface area (Å²) in [6.45, 7) is 6.90. The minimum atomic E-state index is -0.918. The van der Waals surface area contributed by atoms with Crippen molar-refractivity contribution in [1.82, 2.24) is 0 Å². The van der Waals surface area contributed by atoms with E-state index < -0.39 is 5.60 Å². The van der Waals surface area contributed by atoms with Gasteiger partial charge in [-0.25, -0.2) is 0 Å². The average molecular weight is 212 g/mol. The van der Waals surface area contributed by atoms with Crippen molar-refractivity contribution in [3.8, 4) is 0 Å². The van der Waals surface area contributed by atoms with Gasteiger partial charge in [-0.05, 0) is 38.3 Å². The minimum absolute atomic E-state index is 0.431. The molecule has 0 saturated heterocycles. The van der Waals surface area contributed by atoms with Crippen LogP contribution in [0.4, 0.5) is 5.69 Å². The second kappa shape index (κ2) is 4.11. The molecule has 0 aliphatic carbocycles. The molecule has 0 radical (unpaired) electrons. The number of hydrogen-bond acceptors (Lipinski definition) is 2. The molecular weight excluding hydrogens is 198 g/mol. The summed E-state index contributed by atoms with van der Waals surface area (Å²) in [6.07, 6.45) is 0. The van der Waals surface area contributed by atoms with E-state index in [1.807, 2.05) is 18.2 Å². The molecule has 1 N–H and O–H groups in total. The molecule has 0 bridgehead atoms. The molecule has 14 heavy (non-hydrogen) atoms. The molecule has 1 rings (SSSR count). The molecule has 0 aromatic heterocycles. The predicted molar refractivity (Wildman–Crippen MR) is 60.5 cm³/mol. The zero-order chi connectivity index (χ0) is 10.8. The number of alkyl halides is 1. The maximum Gasteiger partial charge on any atom is 0.0861 e. The van der Waals surface area contributed by atoms with Crippen LogP contribution in [0.2, 0.25) is 0 Å². The summed E-state index contributed by atoms with van der Waals surface area (Å²) in [5.41, 5.74) is 1.51. The zero-order valence-corrected chi connectivity index (χ0v) is 9.17. The van der Waals surface area contributed by atoms with Gasteiger partial charge in [-0.1, -0.05) is 6.07 Å². The third kappa shape index (κ3) is 2.34. The van der Waals surface area contributed by atoms with Crippen molar-refractivity contribution >= 4 is 24.0 Å². The van der Waals surface area contributed by atoms with Crippen LogP contribution in [0, 0.1) is 0 Å². The zero-order valence-electron chi connectivity index (χ0n) is 8.42. The third-order valence-corrected chi connectivity index (χ3v) is 2.35. The van der Waals surface area contributed by atoms with Crippen molar-refractivity contribution in [1.29, 1.82) is 0 Å². The number of aliphatic imine (C=N–C) groups is 1. The summed E-state index contributed by atoms with van der Waals surface area (Å²) in [7, 11) is 0. The first-order valence-electron chi connectivity index (χ1n) is 4.37. The van der Waals surface area contributed by atoms with Gasteiger partial charge in [-0.2, -0.15) is 0 Å². The average Bonchev–Trinajstić information content (AvgIpc) is 2.15. The SMILES string of the molecule is C=Nc1ccc(CCl)cc1C(C)(C)O. The second-order valence-corrected chi connectivity index (χ2v) is 3.97. The van der Waals surface area contributed by atoms with Gasteiger partial charge in [0, 0.05) is 11.4 Å². The van der Waals surface area contributed by atoms with E-state index in [2.05, 4.69) is 11.7 Å². The highest BCUT2D eigenvalue weighted by molar-refractivity contribution is 6.17. The molecule has 0 aliphatic rings. The molecule has 0 amide bonds. The first-order chi connectivity index (χ1) is 6.49. The summed E-state index contributed by atoms with van der Waals surface area (Å²) in [5.74, 6) is 0.431. The highest BCUT2D eigenvalue weighted by Gasteiger charge is 2.19. The molecule has 0 fully saturated rings. The van der Waals surface area contributed by atoms with Gasteiger partial charge >= 0.3 is 0 Å². The van der Waals surface area contributed by atoms with Crippen LogP contribution in [-0.2, 0) is 11.5 Å². The minimum Gasteiger partial charge on any atom is -0.386 e. The van der Waals surface area contributed by atoms with E-state index in [1.54, 1.807) is 13.8 Å². The maximum atomic E-state index is 9.89. The van der Waals surface area contributed by atoms with Gasteiger partial charge in [0.15, 0.2) is 0 Å². The Morgan fingerprint density at radius 2 is 2.14 bits per heavy atom. The molecule has 0 aliphatic heterocycles. The van der Waals surface area contributed by atoms with Gasteiger partial charge in [-0.15, -0.1) is 11.6 Å². The lowest BCUT2D eigenvalue weighted by atomic mass is 9.95. The van der Waals surface area contributed by atoms with Crippen molar-refractivity contribution in [3.05, 3.63) is 29.3 Å². The Bertz CT molecular complexity index is 342. The fourth-order valence-electron chi connectivity index (χ4n) is 1.29. The van der Waals surface area contributed by atoms with Crippen molar-refractivity contribution in [2.24, 2.45) is 4.99 Å². The molecule has 1 aromatic carbocycles. The first kappa shape index (κ1) is 11.2. The van der Waals surface area contributed by atoms with Crippen LogP contribution in [0.3, 0.4) is 0 Å². The smallest absolute Gasteiger partial charge is 0.0861 e. The van der Waals surface area contributed by atoms with Crippen molar-refractivity contribution in [2.75, 3.05) is 0 Å². The highest BCUT2D eigenvalue weighted by atomic mass is 35.5. The van der Waals surface area contributed by atoms with Crippen LogP contribution in [0.5, 0.6) is 0 Å². The van der Waals surface area contributed by atoms with E-state index in [9.17, 15) is 5.11 Å². The fraction of sp³-hybridized carbons (Fsp3) is 0.364. The molecule has 0 atom stereocenters. The maximum absolute atomic E-state index is 9.89. The lowest BCUT2D eigenvalue weighted by molar-refractivity contribution is 0.0792. The normalized spacial score (nSPS) is 11.4. The van der Waals surface area contributed by atoms with E-state index in [1.165, 1.54) is 0 Å². The highest BCUT2D eigenvalue weighted by Crippen LogP contribution is 2.30. The quantitative estimate of drug-likeness (QED) is 0.605. The van der Waals surface area contributed by atoms with Crippen LogP contribution in [0.1, 0.15) is 25.0 Å². The van der Waals surface area contributed by atoms with E-state index in [-0.39, 0.29) is 0 Å². The molecule has 3 heteroatoms. The Balaban J connectivity index is 3.29. The summed E-state index contributed by atoms with van der Waals surface area (Å²) in [4.78, 5) is 3.86. The van der Waals surface area contributed by atoms with Crippen LogP contribution < -0.4 is 0 Å². The van der Waals surface area contributed by atoms with Crippen molar-refractivity contribution in [2.45, 2.75) is 25.3 Å².